The van der Waals surface area contributed by atoms with Crippen LogP contribution in [0.2, 0.25) is 5.02 Å². The van der Waals surface area contributed by atoms with Gasteiger partial charge in [-0.15, -0.1) is 0 Å². The number of nitrogens with one attached hydrogen (secondary N) is 1. The molecule has 2 heterocycles. The summed E-state index contributed by atoms with van der Waals surface area (Å²) >= 11 is 6.08. The summed E-state index contributed by atoms with van der Waals surface area (Å²) in [5, 5.41) is 34.9. The number of nitrogens with zero attached hydrogens (tertiary/aromatic N) is 3. The van der Waals surface area contributed by atoms with Crippen molar-refractivity contribution >= 4 is 29.2 Å². The highest BCUT2D eigenvalue weighted by Gasteiger charge is 2.34. The van der Waals surface area contributed by atoms with E-state index in [0.29, 0.717) is 16.5 Å². The van der Waals surface area contributed by atoms with E-state index in [9.17, 15) is 19.8 Å². The van der Waals surface area contributed by atoms with Gasteiger partial charge in [0.1, 0.15) is 17.6 Å². The minimum atomic E-state index is -0.976. The van der Waals surface area contributed by atoms with Gasteiger partial charge in [0.15, 0.2) is 5.82 Å². The molecular formula is C20H23ClN4O6. The maximum Gasteiger partial charge on any atom is 0.251 e. The van der Waals surface area contributed by atoms with E-state index in [1.165, 1.54) is 27.9 Å². The Bertz CT molecular complexity index is 963. The van der Waals surface area contributed by atoms with Crippen molar-refractivity contribution in [2.45, 2.75) is 25.1 Å². The van der Waals surface area contributed by atoms with Gasteiger partial charge in [-0.3, -0.25) is 14.3 Å². The van der Waals surface area contributed by atoms with Crippen molar-refractivity contribution in [3.8, 4) is 5.75 Å². The van der Waals surface area contributed by atoms with Crippen LogP contribution in [0.4, 0.5) is 5.82 Å². The maximum absolute atomic E-state index is 12.8. The first-order valence-electron chi connectivity index (χ1n) is 9.59. The SMILES string of the molecule is O=C(Nc1ccn(CC(O)CO)n1)C(CCO)N1CC(Oc2ccccc2Cl)=CC1=O. The van der Waals surface area contributed by atoms with Crippen LogP contribution in [0, 0.1) is 0 Å². The average molecular weight is 451 g/mol. The summed E-state index contributed by atoms with van der Waals surface area (Å²) in [6.07, 6.45) is 1.87. The lowest BCUT2D eigenvalue weighted by molar-refractivity contribution is -0.133. The first-order valence-corrected chi connectivity index (χ1v) is 9.96. The molecule has 3 rings (SSSR count). The first kappa shape index (κ1) is 22.8. The zero-order chi connectivity index (χ0) is 22.4. The molecule has 166 valence electrons. The Balaban J connectivity index is 1.65. The van der Waals surface area contributed by atoms with Crippen molar-refractivity contribution in [1.29, 1.82) is 0 Å². The van der Waals surface area contributed by atoms with Crippen LogP contribution in [0.5, 0.6) is 5.75 Å². The fourth-order valence-corrected chi connectivity index (χ4v) is 3.24. The van der Waals surface area contributed by atoms with Crippen LogP contribution in [-0.2, 0) is 16.1 Å². The molecule has 0 spiro atoms. The number of rotatable bonds is 10. The number of ether oxygens (including phenoxy) is 1. The molecule has 1 aromatic carbocycles. The quantitative estimate of drug-likeness (QED) is 0.410. The number of amides is 2. The van der Waals surface area contributed by atoms with Gasteiger partial charge >= 0.3 is 0 Å². The molecule has 0 radical (unpaired) electrons. The number of aliphatic hydroxyl groups is 3. The van der Waals surface area contributed by atoms with Crippen molar-refractivity contribution in [2.24, 2.45) is 0 Å². The molecule has 1 aromatic heterocycles. The molecular weight excluding hydrogens is 428 g/mol. The number of aromatic nitrogens is 2. The molecule has 0 bridgehead atoms. The van der Waals surface area contributed by atoms with Crippen molar-refractivity contribution < 1.29 is 29.6 Å². The van der Waals surface area contributed by atoms with Crippen LogP contribution >= 0.6 is 11.6 Å². The largest absolute Gasteiger partial charge is 0.458 e. The van der Waals surface area contributed by atoms with Gasteiger partial charge in [0.05, 0.1) is 30.8 Å². The number of carbonyl (C=O) groups is 2. The lowest BCUT2D eigenvalue weighted by Crippen LogP contribution is -2.46. The van der Waals surface area contributed by atoms with Crippen molar-refractivity contribution in [2.75, 3.05) is 25.1 Å². The van der Waals surface area contributed by atoms with Crippen LogP contribution in [0.15, 0.2) is 48.4 Å². The lowest BCUT2D eigenvalue weighted by atomic mass is 10.1. The Morgan fingerprint density at radius 3 is 2.77 bits per heavy atom. The number of carbonyl (C=O) groups excluding carboxylic acids is 2. The minimum Gasteiger partial charge on any atom is -0.458 e. The normalized spacial score (nSPS) is 15.5. The van der Waals surface area contributed by atoms with E-state index in [1.54, 1.807) is 24.3 Å². The molecule has 1 aliphatic heterocycles. The molecule has 4 N–H and O–H groups in total. The number of halogens is 1. The molecule has 10 nitrogen and oxygen atoms in total. The molecule has 2 amide bonds. The third kappa shape index (κ3) is 5.82. The molecule has 2 unspecified atom stereocenters. The van der Waals surface area contributed by atoms with Crippen molar-refractivity contribution in [3.63, 3.8) is 0 Å². The second-order valence-electron chi connectivity index (χ2n) is 6.89. The second-order valence-corrected chi connectivity index (χ2v) is 7.29. The summed E-state index contributed by atoms with van der Waals surface area (Å²) < 4.78 is 7.07. The summed E-state index contributed by atoms with van der Waals surface area (Å²) in [7, 11) is 0. The summed E-state index contributed by atoms with van der Waals surface area (Å²) in [6.45, 7) is -0.620. The van der Waals surface area contributed by atoms with Crippen molar-refractivity contribution in [3.05, 3.63) is 53.4 Å². The lowest BCUT2D eigenvalue weighted by Gasteiger charge is -2.26. The van der Waals surface area contributed by atoms with Crippen LogP contribution in [0.1, 0.15) is 6.42 Å². The van der Waals surface area contributed by atoms with Gasteiger partial charge in [0, 0.05) is 24.9 Å². The zero-order valence-corrected chi connectivity index (χ0v) is 17.3. The number of para-hydroxylation sites is 1. The molecule has 2 aromatic rings. The number of aliphatic hydroxyl groups excluding tert-OH is 3. The van der Waals surface area contributed by atoms with Gasteiger partial charge in [-0.05, 0) is 18.6 Å². The topological polar surface area (TPSA) is 137 Å². The molecule has 0 aliphatic carbocycles. The van der Waals surface area contributed by atoms with Gasteiger partial charge in [-0.2, -0.15) is 5.10 Å². The van der Waals surface area contributed by atoms with E-state index < -0.39 is 30.6 Å². The summed E-state index contributed by atoms with van der Waals surface area (Å²) in [6, 6.07) is 7.40. The fourth-order valence-electron chi connectivity index (χ4n) is 3.07. The van der Waals surface area contributed by atoms with Crippen LogP contribution in [0.3, 0.4) is 0 Å². The van der Waals surface area contributed by atoms with Gasteiger partial charge in [-0.1, -0.05) is 23.7 Å². The summed E-state index contributed by atoms with van der Waals surface area (Å²) in [5.74, 6) is -0.0137. The smallest absolute Gasteiger partial charge is 0.251 e. The first-order chi connectivity index (χ1) is 14.9. The highest BCUT2D eigenvalue weighted by atomic mass is 35.5. The molecule has 1 aliphatic rings. The predicted octanol–water partition coefficient (Wildman–Crippen LogP) is 0.384. The predicted molar refractivity (Wildman–Crippen MR) is 111 cm³/mol. The van der Waals surface area contributed by atoms with E-state index in [4.69, 9.17) is 21.4 Å². The maximum atomic E-state index is 12.8. The minimum absolute atomic E-state index is 0.0225. The zero-order valence-electron chi connectivity index (χ0n) is 16.5. The highest BCUT2D eigenvalue weighted by Crippen LogP contribution is 2.27. The van der Waals surface area contributed by atoms with Crippen molar-refractivity contribution in [1.82, 2.24) is 14.7 Å². The third-order valence-corrected chi connectivity index (χ3v) is 4.87. The Hall–Kier alpha value is -2.92. The van der Waals surface area contributed by atoms with E-state index in [2.05, 4.69) is 10.4 Å². The van der Waals surface area contributed by atoms with Gasteiger partial charge in [-0.25, -0.2) is 0 Å². The average Bonchev–Trinajstić information content (AvgIpc) is 3.33. The Kier molecular flexibility index (Phi) is 7.64. The fraction of sp³-hybridized carbons (Fsp3) is 0.350. The Morgan fingerprint density at radius 2 is 2.06 bits per heavy atom. The monoisotopic (exact) mass is 450 g/mol. The Morgan fingerprint density at radius 1 is 1.29 bits per heavy atom. The number of hydrogen-bond acceptors (Lipinski definition) is 7. The van der Waals surface area contributed by atoms with Crippen LogP contribution < -0.4 is 10.1 Å². The van der Waals surface area contributed by atoms with Gasteiger partial charge < -0.3 is 30.3 Å². The molecule has 2 atom stereocenters. The standard InChI is InChI=1S/C20H23ClN4O6/c21-15-3-1-2-4-17(15)31-14-9-19(29)25(11-14)16(6-8-26)20(30)22-18-5-7-24(23-18)10-13(28)12-27/h1-5,7,9,13,16,26-28H,6,8,10-12H2,(H,22,23,30). The molecule has 0 saturated heterocycles. The molecule has 11 heteroatoms. The van der Waals surface area contributed by atoms with E-state index in [1.807, 2.05) is 0 Å². The number of anilines is 1. The summed E-state index contributed by atoms with van der Waals surface area (Å²) in [5.41, 5.74) is 0. The van der Waals surface area contributed by atoms with E-state index in [0.717, 1.165) is 0 Å². The van der Waals surface area contributed by atoms with E-state index in [-0.39, 0.29) is 31.9 Å². The van der Waals surface area contributed by atoms with Crippen LogP contribution in [-0.4, -0.2) is 73.7 Å². The number of benzene rings is 1. The molecule has 0 fully saturated rings. The second kappa shape index (κ2) is 10.4. The molecule has 31 heavy (non-hydrogen) atoms. The van der Waals surface area contributed by atoms with Gasteiger partial charge in [0.25, 0.3) is 5.91 Å². The third-order valence-electron chi connectivity index (χ3n) is 4.55. The Labute approximate surface area is 183 Å². The summed E-state index contributed by atoms with van der Waals surface area (Å²) in [4.78, 5) is 26.6. The number of hydrogen-bond donors (Lipinski definition) is 4. The van der Waals surface area contributed by atoms with E-state index >= 15 is 0 Å². The highest BCUT2D eigenvalue weighted by molar-refractivity contribution is 6.32. The molecule has 0 saturated carbocycles. The van der Waals surface area contributed by atoms with Gasteiger partial charge in [0.2, 0.25) is 5.91 Å². The van der Waals surface area contributed by atoms with Crippen LogP contribution in [0.25, 0.3) is 0 Å².